The minimum absolute atomic E-state index is 0.608. The van der Waals surface area contributed by atoms with Crippen molar-refractivity contribution in [1.82, 2.24) is 0 Å². The maximum atomic E-state index is 10.4. The minimum Gasteiger partial charge on any atom is -0.493 e. The molecule has 0 bridgehead atoms. The highest BCUT2D eigenvalue weighted by molar-refractivity contribution is 9.10. The van der Waals surface area contributed by atoms with Crippen molar-refractivity contribution in [3.8, 4) is 5.75 Å². The average Bonchev–Trinajstić information content (AvgIpc) is 2.43. The minimum atomic E-state index is -0.682. The van der Waals surface area contributed by atoms with Gasteiger partial charge in [-0.2, -0.15) is 0 Å². The zero-order valence-electron chi connectivity index (χ0n) is 11.4. The fourth-order valence-electron chi connectivity index (χ4n) is 1.99. The molecule has 20 heavy (non-hydrogen) atoms. The van der Waals surface area contributed by atoms with Gasteiger partial charge in [0.1, 0.15) is 11.9 Å². The Kier molecular flexibility index (Phi) is 5.08. The van der Waals surface area contributed by atoms with E-state index in [1.54, 1.807) is 6.07 Å². The van der Waals surface area contributed by atoms with Gasteiger partial charge in [0.2, 0.25) is 0 Å². The molecule has 2 nitrogen and oxygen atoms in total. The van der Waals surface area contributed by atoms with Crippen LogP contribution in [-0.4, -0.2) is 11.7 Å². The molecular formula is C16H16BrClO2. The van der Waals surface area contributed by atoms with Crippen molar-refractivity contribution in [1.29, 1.82) is 0 Å². The SMILES string of the molecule is CCOc1ccc(C(O)c2ccc(Cl)c(C)c2)cc1Br. The van der Waals surface area contributed by atoms with Crippen LogP contribution in [0.15, 0.2) is 40.9 Å². The van der Waals surface area contributed by atoms with Gasteiger partial charge in [-0.05, 0) is 64.7 Å². The van der Waals surface area contributed by atoms with Gasteiger partial charge < -0.3 is 9.84 Å². The summed E-state index contributed by atoms with van der Waals surface area (Å²) in [7, 11) is 0. The molecule has 0 saturated heterocycles. The Hall–Kier alpha value is -1.03. The standard InChI is InChI=1S/C16H16BrClO2/c1-3-20-15-7-5-12(9-13(15)17)16(19)11-4-6-14(18)10(2)8-11/h4-9,16,19H,3H2,1-2H3. The van der Waals surface area contributed by atoms with Crippen molar-refractivity contribution in [2.45, 2.75) is 20.0 Å². The molecule has 2 aromatic carbocycles. The number of hydrogen-bond acceptors (Lipinski definition) is 2. The lowest BCUT2D eigenvalue weighted by atomic mass is 10.00. The molecule has 0 radical (unpaired) electrons. The predicted octanol–water partition coefficient (Wildman–Crippen LogP) is 4.89. The quantitative estimate of drug-likeness (QED) is 0.846. The van der Waals surface area contributed by atoms with E-state index in [9.17, 15) is 5.11 Å². The van der Waals surface area contributed by atoms with Gasteiger partial charge in [0.15, 0.2) is 0 Å². The summed E-state index contributed by atoms with van der Waals surface area (Å²) < 4.78 is 6.30. The Morgan fingerprint density at radius 2 is 1.85 bits per heavy atom. The summed E-state index contributed by atoms with van der Waals surface area (Å²) in [5.74, 6) is 0.774. The van der Waals surface area contributed by atoms with Gasteiger partial charge in [-0.15, -0.1) is 0 Å². The third-order valence-corrected chi connectivity index (χ3v) is 4.11. The number of aryl methyl sites for hydroxylation is 1. The van der Waals surface area contributed by atoms with Gasteiger partial charge in [0, 0.05) is 5.02 Å². The molecule has 1 unspecified atom stereocenters. The van der Waals surface area contributed by atoms with E-state index in [0.29, 0.717) is 11.6 Å². The van der Waals surface area contributed by atoms with Crippen LogP contribution in [0.5, 0.6) is 5.75 Å². The number of halogens is 2. The molecule has 0 heterocycles. The molecule has 0 spiro atoms. The first-order valence-corrected chi connectivity index (χ1v) is 7.56. The Morgan fingerprint density at radius 3 is 2.45 bits per heavy atom. The van der Waals surface area contributed by atoms with Gasteiger partial charge in [-0.25, -0.2) is 0 Å². The summed E-state index contributed by atoms with van der Waals surface area (Å²) in [6.07, 6.45) is -0.682. The summed E-state index contributed by atoms with van der Waals surface area (Å²) in [5, 5.41) is 11.2. The van der Waals surface area contributed by atoms with Crippen LogP contribution >= 0.6 is 27.5 Å². The lowest BCUT2D eigenvalue weighted by Gasteiger charge is -2.14. The molecule has 0 amide bonds. The number of hydrogen-bond donors (Lipinski definition) is 1. The largest absolute Gasteiger partial charge is 0.493 e. The van der Waals surface area contributed by atoms with Crippen LogP contribution in [0.1, 0.15) is 29.7 Å². The second-order valence-electron chi connectivity index (χ2n) is 4.53. The first kappa shape index (κ1) is 15.4. The van der Waals surface area contributed by atoms with Crippen LogP contribution in [0, 0.1) is 6.92 Å². The van der Waals surface area contributed by atoms with Gasteiger partial charge in [-0.3, -0.25) is 0 Å². The molecule has 1 atom stereocenters. The molecular weight excluding hydrogens is 340 g/mol. The van der Waals surface area contributed by atoms with Crippen LogP contribution in [0.4, 0.5) is 0 Å². The van der Waals surface area contributed by atoms with Crippen molar-refractivity contribution >= 4 is 27.5 Å². The lowest BCUT2D eigenvalue weighted by molar-refractivity contribution is 0.220. The first-order chi connectivity index (χ1) is 9.52. The van der Waals surface area contributed by atoms with E-state index in [0.717, 1.165) is 26.9 Å². The molecule has 0 saturated carbocycles. The van der Waals surface area contributed by atoms with Gasteiger partial charge in [0.25, 0.3) is 0 Å². The van der Waals surface area contributed by atoms with E-state index in [2.05, 4.69) is 15.9 Å². The smallest absolute Gasteiger partial charge is 0.133 e. The molecule has 0 aliphatic carbocycles. The van der Waals surface area contributed by atoms with Crippen molar-refractivity contribution in [2.24, 2.45) is 0 Å². The zero-order chi connectivity index (χ0) is 14.7. The monoisotopic (exact) mass is 354 g/mol. The van der Waals surface area contributed by atoms with E-state index in [1.165, 1.54) is 0 Å². The number of aliphatic hydroxyl groups excluding tert-OH is 1. The molecule has 0 fully saturated rings. The Labute approximate surface area is 132 Å². The number of ether oxygens (including phenoxy) is 1. The third kappa shape index (κ3) is 3.35. The van der Waals surface area contributed by atoms with E-state index < -0.39 is 6.10 Å². The predicted molar refractivity (Wildman–Crippen MR) is 85.6 cm³/mol. The van der Waals surface area contributed by atoms with Crippen molar-refractivity contribution in [3.05, 3.63) is 62.6 Å². The summed E-state index contributed by atoms with van der Waals surface area (Å²) in [5.41, 5.74) is 2.58. The summed E-state index contributed by atoms with van der Waals surface area (Å²) in [6, 6.07) is 11.1. The van der Waals surface area contributed by atoms with Gasteiger partial charge in [0.05, 0.1) is 11.1 Å². The van der Waals surface area contributed by atoms with E-state index in [1.807, 2.05) is 44.2 Å². The third-order valence-electron chi connectivity index (χ3n) is 3.07. The van der Waals surface area contributed by atoms with Gasteiger partial charge in [-0.1, -0.05) is 29.8 Å². The summed E-state index contributed by atoms with van der Waals surface area (Å²) in [6.45, 7) is 4.47. The van der Waals surface area contributed by atoms with Crippen molar-refractivity contribution < 1.29 is 9.84 Å². The summed E-state index contributed by atoms with van der Waals surface area (Å²) >= 11 is 9.46. The first-order valence-electron chi connectivity index (χ1n) is 6.39. The molecule has 0 aromatic heterocycles. The second-order valence-corrected chi connectivity index (χ2v) is 5.80. The Balaban J connectivity index is 2.30. The van der Waals surface area contributed by atoms with Crippen LogP contribution < -0.4 is 4.74 Å². The highest BCUT2D eigenvalue weighted by Gasteiger charge is 2.13. The number of rotatable bonds is 4. The fourth-order valence-corrected chi connectivity index (χ4v) is 2.62. The summed E-state index contributed by atoms with van der Waals surface area (Å²) in [4.78, 5) is 0. The van der Waals surface area contributed by atoms with E-state index >= 15 is 0 Å². The number of benzene rings is 2. The molecule has 0 aliphatic rings. The van der Waals surface area contributed by atoms with Crippen LogP contribution in [0.25, 0.3) is 0 Å². The molecule has 0 aliphatic heterocycles. The van der Waals surface area contributed by atoms with Gasteiger partial charge >= 0.3 is 0 Å². The van der Waals surface area contributed by atoms with Crippen molar-refractivity contribution in [3.63, 3.8) is 0 Å². The fraction of sp³-hybridized carbons (Fsp3) is 0.250. The number of aliphatic hydroxyl groups is 1. The maximum Gasteiger partial charge on any atom is 0.133 e. The van der Waals surface area contributed by atoms with Crippen LogP contribution in [0.3, 0.4) is 0 Å². The Bertz CT molecular complexity index is 613. The normalized spacial score (nSPS) is 12.2. The average molecular weight is 356 g/mol. The molecule has 106 valence electrons. The Morgan fingerprint density at radius 1 is 1.20 bits per heavy atom. The highest BCUT2D eigenvalue weighted by Crippen LogP contribution is 2.31. The molecule has 2 aromatic rings. The topological polar surface area (TPSA) is 29.5 Å². The maximum absolute atomic E-state index is 10.4. The molecule has 4 heteroatoms. The molecule has 1 N–H and O–H groups in total. The van der Waals surface area contributed by atoms with E-state index in [-0.39, 0.29) is 0 Å². The zero-order valence-corrected chi connectivity index (χ0v) is 13.7. The van der Waals surface area contributed by atoms with E-state index in [4.69, 9.17) is 16.3 Å². The molecule has 2 rings (SSSR count). The highest BCUT2D eigenvalue weighted by atomic mass is 79.9. The van der Waals surface area contributed by atoms with Crippen molar-refractivity contribution in [2.75, 3.05) is 6.61 Å². The van der Waals surface area contributed by atoms with Crippen LogP contribution in [-0.2, 0) is 0 Å². The lowest BCUT2D eigenvalue weighted by Crippen LogP contribution is -2.01. The van der Waals surface area contributed by atoms with Crippen LogP contribution in [0.2, 0.25) is 5.02 Å². The second kappa shape index (κ2) is 6.61.